The second-order valence-corrected chi connectivity index (χ2v) is 5.65. The Labute approximate surface area is 157 Å². The number of aromatic nitrogens is 3. The van der Waals surface area contributed by atoms with E-state index in [1.54, 1.807) is 36.9 Å². The molecule has 3 rings (SSSR count). The van der Waals surface area contributed by atoms with Crippen LogP contribution in [0.25, 0.3) is 0 Å². The average Bonchev–Trinajstić information content (AvgIpc) is 2.69. The van der Waals surface area contributed by atoms with Crippen molar-refractivity contribution in [3.05, 3.63) is 77.9 Å². The van der Waals surface area contributed by atoms with E-state index in [9.17, 15) is 4.79 Å². The summed E-state index contributed by atoms with van der Waals surface area (Å²) in [5, 5.41) is 5.62. The minimum atomic E-state index is -0.268. The van der Waals surface area contributed by atoms with Crippen molar-refractivity contribution in [2.24, 2.45) is 0 Å². The van der Waals surface area contributed by atoms with Gasteiger partial charge in [-0.25, -0.2) is 14.8 Å². The number of urea groups is 1. The Morgan fingerprint density at radius 2 is 1.85 bits per heavy atom. The van der Waals surface area contributed by atoms with Crippen LogP contribution >= 0.6 is 0 Å². The minimum Gasteiger partial charge on any atom is -0.368 e. The number of carbonyl (C=O) groups is 1. The number of anilines is 2. The molecule has 0 radical (unpaired) electrons. The second kappa shape index (κ2) is 8.97. The molecule has 7 nitrogen and oxygen atoms in total. The Hall–Kier alpha value is -3.92. The minimum absolute atomic E-state index is 0.210. The van der Waals surface area contributed by atoms with Crippen LogP contribution in [0.5, 0.6) is 0 Å². The van der Waals surface area contributed by atoms with E-state index in [0.717, 1.165) is 17.5 Å². The van der Waals surface area contributed by atoms with Crippen LogP contribution in [0, 0.1) is 11.8 Å². The fraction of sp³-hybridized carbons (Fsp3) is 0.100. The first-order valence-corrected chi connectivity index (χ1v) is 8.32. The van der Waals surface area contributed by atoms with Gasteiger partial charge in [0.1, 0.15) is 0 Å². The normalized spacial score (nSPS) is 9.78. The van der Waals surface area contributed by atoms with Gasteiger partial charge in [-0.15, -0.1) is 0 Å². The van der Waals surface area contributed by atoms with Gasteiger partial charge in [0.15, 0.2) is 0 Å². The second-order valence-electron chi connectivity index (χ2n) is 5.65. The molecule has 4 N–H and O–H groups in total. The number of pyridine rings is 1. The highest BCUT2D eigenvalue weighted by molar-refractivity contribution is 5.89. The summed E-state index contributed by atoms with van der Waals surface area (Å²) < 4.78 is 0. The van der Waals surface area contributed by atoms with Crippen molar-refractivity contribution in [3.63, 3.8) is 0 Å². The summed E-state index contributed by atoms with van der Waals surface area (Å²) in [6, 6.07) is 10.9. The fourth-order valence-electron chi connectivity index (χ4n) is 2.26. The van der Waals surface area contributed by atoms with Crippen LogP contribution in [-0.4, -0.2) is 27.5 Å². The summed E-state index contributed by atoms with van der Waals surface area (Å²) in [4.78, 5) is 23.9. The standard InChI is InChI=1S/C20H18N6O/c21-19-24-13-17(14-25-19)7-6-15-3-1-5-18(11-15)26-20(27)23-10-8-16-4-2-9-22-12-16/h1-5,9,11-14H,8,10H2,(H2,21,24,25)(H2,23,26,27). The lowest BCUT2D eigenvalue weighted by molar-refractivity contribution is 0.252. The smallest absolute Gasteiger partial charge is 0.319 e. The Morgan fingerprint density at radius 3 is 2.63 bits per heavy atom. The number of rotatable bonds is 4. The van der Waals surface area contributed by atoms with Crippen molar-refractivity contribution in [1.29, 1.82) is 0 Å². The SMILES string of the molecule is Nc1ncc(C#Cc2cccc(NC(=O)NCCc3cccnc3)c2)cn1. The van der Waals surface area contributed by atoms with Gasteiger partial charge in [0.25, 0.3) is 0 Å². The van der Waals surface area contributed by atoms with Crippen molar-refractivity contribution in [2.75, 3.05) is 17.6 Å². The number of nitrogens with zero attached hydrogens (tertiary/aromatic N) is 3. The molecule has 0 aliphatic carbocycles. The maximum absolute atomic E-state index is 12.0. The number of hydrogen-bond acceptors (Lipinski definition) is 5. The van der Waals surface area contributed by atoms with Crippen molar-refractivity contribution in [2.45, 2.75) is 6.42 Å². The number of benzene rings is 1. The number of nitrogens with two attached hydrogens (primary N) is 1. The molecule has 0 bridgehead atoms. The summed E-state index contributed by atoms with van der Waals surface area (Å²) in [6.45, 7) is 0.522. The van der Waals surface area contributed by atoms with E-state index in [-0.39, 0.29) is 12.0 Å². The zero-order valence-electron chi connectivity index (χ0n) is 14.5. The van der Waals surface area contributed by atoms with Gasteiger partial charge in [0.05, 0.1) is 5.56 Å². The van der Waals surface area contributed by atoms with Crippen LogP contribution in [0.3, 0.4) is 0 Å². The first kappa shape index (κ1) is 17.9. The highest BCUT2D eigenvalue weighted by Crippen LogP contribution is 2.10. The van der Waals surface area contributed by atoms with Gasteiger partial charge in [-0.1, -0.05) is 24.0 Å². The topological polar surface area (TPSA) is 106 Å². The molecular weight excluding hydrogens is 340 g/mol. The average molecular weight is 358 g/mol. The lowest BCUT2D eigenvalue weighted by Gasteiger charge is -2.08. The largest absolute Gasteiger partial charge is 0.368 e. The summed E-state index contributed by atoms with van der Waals surface area (Å²) in [5.74, 6) is 6.18. The van der Waals surface area contributed by atoms with E-state index in [4.69, 9.17) is 5.73 Å². The summed E-state index contributed by atoms with van der Waals surface area (Å²) >= 11 is 0. The Balaban J connectivity index is 1.54. The van der Waals surface area contributed by atoms with Gasteiger partial charge in [-0.3, -0.25) is 4.98 Å². The molecule has 134 valence electrons. The van der Waals surface area contributed by atoms with Gasteiger partial charge in [0, 0.05) is 42.6 Å². The molecule has 27 heavy (non-hydrogen) atoms. The third-order valence-electron chi connectivity index (χ3n) is 3.57. The number of carbonyl (C=O) groups excluding carboxylic acids is 1. The molecule has 0 atom stereocenters. The van der Waals surface area contributed by atoms with E-state index in [1.165, 1.54) is 0 Å². The molecule has 1 aromatic carbocycles. The third-order valence-corrected chi connectivity index (χ3v) is 3.57. The van der Waals surface area contributed by atoms with Crippen molar-refractivity contribution in [3.8, 4) is 11.8 Å². The Morgan fingerprint density at radius 1 is 1.04 bits per heavy atom. The molecule has 7 heteroatoms. The molecule has 0 spiro atoms. The molecule has 0 unspecified atom stereocenters. The number of hydrogen-bond donors (Lipinski definition) is 3. The lowest BCUT2D eigenvalue weighted by Crippen LogP contribution is -2.30. The van der Waals surface area contributed by atoms with Gasteiger partial charge >= 0.3 is 6.03 Å². The molecule has 2 amide bonds. The zero-order valence-corrected chi connectivity index (χ0v) is 14.5. The van der Waals surface area contributed by atoms with E-state index in [2.05, 4.69) is 37.4 Å². The first-order valence-electron chi connectivity index (χ1n) is 8.32. The number of nitrogens with one attached hydrogen (secondary N) is 2. The first-order chi connectivity index (χ1) is 13.2. The molecule has 0 saturated carbocycles. The molecule has 0 aliphatic heterocycles. The Kier molecular flexibility index (Phi) is 5.94. The van der Waals surface area contributed by atoms with Gasteiger partial charge in [-0.2, -0.15) is 0 Å². The van der Waals surface area contributed by atoms with Crippen LogP contribution in [0.4, 0.5) is 16.4 Å². The molecule has 0 saturated heterocycles. The van der Waals surface area contributed by atoms with E-state index in [1.807, 2.05) is 24.3 Å². The van der Waals surface area contributed by atoms with E-state index in [0.29, 0.717) is 17.8 Å². The summed E-state index contributed by atoms with van der Waals surface area (Å²) in [5.41, 5.74) is 8.61. The molecule has 0 fully saturated rings. The molecule has 3 aromatic rings. The van der Waals surface area contributed by atoms with Crippen LogP contribution in [-0.2, 0) is 6.42 Å². The molecular formula is C20H18N6O. The maximum Gasteiger partial charge on any atom is 0.319 e. The number of nitrogen functional groups attached to an aromatic ring is 1. The van der Waals surface area contributed by atoms with Gasteiger partial charge in [0.2, 0.25) is 5.95 Å². The Bertz CT molecular complexity index is 961. The van der Waals surface area contributed by atoms with E-state index < -0.39 is 0 Å². The monoisotopic (exact) mass is 358 g/mol. The highest BCUT2D eigenvalue weighted by atomic mass is 16.2. The van der Waals surface area contributed by atoms with Crippen LogP contribution < -0.4 is 16.4 Å². The zero-order chi connectivity index (χ0) is 18.9. The fourth-order valence-corrected chi connectivity index (χ4v) is 2.26. The predicted octanol–water partition coefficient (Wildman–Crippen LogP) is 2.22. The van der Waals surface area contributed by atoms with Crippen LogP contribution in [0.2, 0.25) is 0 Å². The summed E-state index contributed by atoms with van der Waals surface area (Å²) in [7, 11) is 0. The highest BCUT2D eigenvalue weighted by Gasteiger charge is 2.02. The molecule has 2 heterocycles. The van der Waals surface area contributed by atoms with Crippen molar-refractivity contribution in [1.82, 2.24) is 20.3 Å². The van der Waals surface area contributed by atoms with Crippen LogP contribution in [0.15, 0.2) is 61.2 Å². The van der Waals surface area contributed by atoms with E-state index >= 15 is 0 Å². The van der Waals surface area contributed by atoms with Crippen molar-refractivity contribution >= 4 is 17.7 Å². The number of amides is 2. The maximum atomic E-state index is 12.0. The lowest BCUT2D eigenvalue weighted by atomic mass is 10.2. The van der Waals surface area contributed by atoms with Crippen LogP contribution in [0.1, 0.15) is 16.7 Å². The van der Waals surface area contributed by atoms with Gasteiger partial charge < -0.3 is 16.4 Å². The van der Waals surface area contributed by atoms with Gasteiger partial charge in [-0.05, 0) is 36.2 Å². The predicted molar refractivity (Wildman–Crippen MR) is 104 cm³/mol. The third kappa shape index (κ3) is 5.83. The molecule has 0 aliphatic rings. The summed E-state index contributed by atoms with van der Waals surface area (Å²) in [6.07, 6.45) is 7.35. The quantitative estimate of drug-likeness (QED) is 0.620. The van der Waals surface area contributed by atoms with Crippen molar-refractivity contribution < 1.29 is 4.79 Å². The molecule has 2 aromatic heterocycles.